The van der Waals surface area contributed by atoms with Gasteiger partial charge in [-0.15, -0.1) is 0 Å². The van der Waals surface area contributed by atoms with Gasteiger partial charge in [-0.2, -0.15) is 5.48 Å². The summed E-state index contributed by atoms with van der Waals surface area (Å²) in [4.78, 5) is 77.3. The van der Waals surface area contributed by atoms with Gasteiger partial charge in [-0.1, -0.05) is 43.2 Å². The van der Waals surface area contributed by atoms with Gasteiger partial charge in [0.2, 0.25) is 11.8 Å². The molecule has 2 aromatic carbocycles. The number of hydroxylamine groups is 1. The van der Waals surface area contributed by atoms with E-state index in [-0.39, 0.29) is 32.0 Å². The first-order valence-electron chi connectivity index (χ1n) is 18.7. The molecule has 0 radical (unpaired) electrons. The predicted molar refractivity (Wildman–Crippen MR) is 195 cm³/mol. The molecule has 14 heteroatoms. The van der Waals surface area contributed by atoms with E-state index < -0.39 is 65.1 Å². The van der Waals surface area contributed by atoms with Crippen molar-refractivity contribution in [2.45, 2.75) is 122 Å². The summed E-state index contributed by atoms with van der Waals surface area (Å²) < 4.78 is 25.8. The van der Waals surface area contributed by atoms with Crippen molar-refractivity contribution >= 4 is 29.9 Å². The minimum absolute atomic E-state index is 0.0265. The Morgan fingerprint density at radius 3 is 2.50 bits per heavy atom. The van der Waals surface area contributed by atoms with Crippen LogP contribution >= 0.6 is 0 Å². The number of allylic oxidation sites excluding steroid dienone is 1. The fraction of sp³-hybridized carbons (Fsp3) is 0.525. The van der Waals surface area contributed by atoms with Gasteiger partial charge in [0.05, 0.1) is 13.1 Å². The number of halogens is 1. The number of carbonyl (C=O) groups is 5. The third kappa shape index (κ3) is 8.96. The van der Waals surface area contributed by atoms with Crippen LogP contribution in [0.15, 0.2) is 48.6 Å². The van der Waals surface area contributed by atoms with E-state index in [4.69, 9.17) is 14.3 Å². The molecule has 5 amide bonds. The van der Waals surface area contributed by atoms with Crippen LogP contribution in [0.3, 0.4) is 0 Å². The highest BCUT2D eigenvalue weighted by molar-refractivity contribution is 5.98. The molecule has 1 saturated carbocycles. The van der Waals surface area contributed by atoms with E-state index in [1.807, 2.05) is 32.1 Å². The molecule has 13 nitrogen and oxygen atoms in total. The highest BCUT2D eigenvalue weighted by atomic mass is 19.1. The lowest BCUT2D eigenvalue weighted by Gasteiger charge is -2.30. The summed E-state index contributed by atoms with van der Waals surface area (Å²) in [5.41, 5.74) is 3.36. The van der Waals surface area contributed by atoms with E-state index >= 15 is 0 Å². The van der Waals surface area contributed by atoms with E-state index in [0.29, 0.717) is 36.1 Å². The molecule has 0 bridgehead atoms. The van der Waals surface area contributed by atoms with Crippen molar-refractivity contribution in [2.24, 2.45) is 5.92 Å². The first-order valence-corrected chi connectivity index (χ1v) is 18.7. The largest absolute Gasteiger partial charge is 0.444 e. The van der Waals surface area contributed by atoms with Gasteiger partial charge in [0.15, 0.2) is 5.75 Å². The van der Waals surface area contributed by atoms with Crippen LogP contribution in [0.25, 0.3) is 0 Å². The summed E-state index contributed by atoms with van der Waals surface area (Å²) in [5, 5.41) is 5.65. The van der Waals surface area contributed by atoms with Crippen molar-refractivity contribution in [2.75, 3.05) is 6.54 Å². The lowest BCUT2D eigenvalue weighted by molar-refractivity contribution is -0.142. The number of fused-ring (bicyclic) bond motifs is 3. The Balaban J connectivity index is 1.24. The minimum atomic E-state index is -1.35. The van der Waals surface area contributed by atoms with E-state index in [1.54, 1.807) is 45.0 Å². The molecule has 3 aliphatic heterocycles. The van der Waals surface area contributed by atoms with Crippen LogP contribution in [0.5, 0.6) is 5.75 Å². The molecule has 0 unspecified atom stereocenters. The molecule has 1 saturated heterocycles. The second kappa shape index (κ2) is 15.7. The summed E-state index contributed by atoms with van der Waals surface area (Å²) in [6.45, 7) is 9.03. The lowest BCUT2D eigenvalue weighted by atomic mass is 10.0. The van der Waals surface area contributed by atoms with Gasteiger partial charge in [0.1, 0.15) is 35.1 Å². The van der Waals surface area contributed by atoms with Crippen LogP contribution in [0.2, 0.25) is 0 Å². The summed E-state index contributed by atoms with van der Waals surface area (Å²) in [6.07, 6.45) is 5.01. The van der Waals surface area contributed by atoms with Crippen LogP contribution in [-0.4, -0.2) is 75.6 Å². The topological polar surface area (TPSA) is 156 Å². The van der Waals surface area contributed by atoms with Crippen LogP contribution < -0.4 is 21.0 Å². The number of ether oxygens (including phenoxy) is 2. The number of nitrogens with zero attached hydrogens (tertiary/aromatic N) is 2. The van der Waals surface area contributed by atoms with E-state index in [0.717, 1.165) is 30.4 Å². The average Bonchev–Trinajstić information content (AvgIpc) is 3.39. The molecule has 0 spiro atoms. The number of aryl methyl sites for hydroxylation is 2. The molecule has 5 atom stereocenters. The summed E-state index contributed by atoms with van der Waals surface area (Å²) in [5.74, 6) is -1.98. The molecule has 0 aromatic heterocycles. The quantitative estimate of drug-likeness (QED) is 0.277. The molecular formula is C40H50FN5O8. The highest BCUT2D eigenvalue weighted by Gasteiger charge is 2.61. The van der Waals surface area contributed by atoms with Crippen molar-refractivity contribution in [1.82, 2.24) is 25.9 Å². The van der Waals surface area contributed by atoms with E-state index in [1.165, 1.54) is 15.9 Å². The van der Waals surface area contributed by atoms with Gasteiger partial charge in [-0.3, -0.25) is 19.3 Å². The molecule has 54 heavy (non-hydrogen) atoms. The summed E-state index contributed by atoms with van der Waals surface area (Å²) >= 11 is 0. The van der Waals surface area contributed by atoms with E-state index in [2.05, 4.69) is 16.1 Å². The molecule has 290 valence electrons. The van der Waals surface area contributed by atoms with Crippen molar-refractivity contribution in [1.29, 1.82) is 0 Å². The minimum Gasteiger partial charge on any atom is -0.444 e. The number of hydrogen-bond acceptors (Lipinski definition) is 8. The number of hydrogen-bond donors (Lipinski definition) is 3. The molecule has 3 N–H and O–H groups in total. The first kappa shape index (κ1) is 38.6. The van der Waals surface area contributed by atoms with Gasteiger partial charge in [-0.25, -0.2) is 14.0 Å². The van der Waals surface area contributed by atoms with Crippen LogP contribution in [-0.2, 0) is 36.9 Å². The van der Waals surface area contributed by atoms with Crippen molar-refractivity contribution in [3.63, 3.8) is 0 Å². The van der Waals surface area contributed by atoms with Gasteiger partial charge >= 0.3 is 12.2 Å². The summed E-state index contributed by atoms with van der Waals surface area (Å²) in [6, 6.07) is 8.04. The highest BCUT2D eigenvalue weighted by Crippen LogP contribution is 2.45. The number of nitrogens with one attached hydrogen (secondary N) is 3. The van der Waals surface area contributed by atoms with Gasteiger partial charge in [-0.05, 0) is 95.2 Å². The Kier molecular flexibility index (Phi) is 11.2. The molecular weight excluding hydrogens is 697 g/mol. The Morgan fingerprint density at radius 1 is 1.02 bits per heavy atom. The second-order valence-electron chi connectivity index (χ2n) is 15.9. The number of benzene rings is 2. The third-order valence-electron chi connectivity index (χ3n) is 10.2. The third-order valence-corrected chi connectivity index (χ3v) is 10.2. The fourth-order valence-corrected chi connectivity index (χ4v) is 7.53. The number of rotatable bonds is 5. The Hall–Kier alpha value is -5.14. The molecule has 6 rings (SSSR count). The maximum absolute atomic E-state index is 14.5. The van der Waals surface area contributed by atoms with Crippen molar-refractivity contribution < 1.29 is 42.7 Å². The Bertz CT molecular complexity index is 1810. The monoisotopic (exact) mass is 747 g/mol. The predicted octanol–water partition coefficient (Wildman–Crippen LogP) is 5.26. The fourth-order valence-electron chi connectivity index (χ4n) is 7.53. The van der Waals surface area contributed by atoms with Crippen molar-refractivity contribution in [3.8, 4) is 5.75 Å². The lowest BCUT2D eigenvalue weighted by Crippen LogP contribution is -2.58. The average molecular weight is 748 g/mol. The normalized spacial score (nSPS) is 26.2. The van der Waals surface area contributed by atoms with Gasteiger partial charge < -0.3 is 29.8 Å². The van der Waals surface area contributed by atoms with Gasteiger partial charge in [0.25, 0.3) is 5.91 Å². The second-order valence-corrected chi connectivity index (χ2v) is 15.9. The Morgan fingerprint density at radius 2 is 1.78 bits per heavy atom. The summed E-state index contributed by atoms with van der Waals surface area (Å²) in [7, 11) is 0. The standard InChI is InChI=1S/C40H50FN5O8/c1-24-16-25(2)18-28(17-24)54-44-36(49)40-20-27(40)13-9-7-6-8-10-15-32(42-37(50)53-39(3,4)5)35(48)46-22-29(19-33(46)34(47)43-40)52-38(51)45-21-26-12-11-14-31(41)30(26)23-45/h9,11-14,16-18,27,29,32-33H,6-8,10,15,19-23H2,1-5H3,(H,42,50)(H,43,47)(H,44,49)/b13-9-/t27-,29-,32+,33+,40-/m1/s1. The zero-order chi connectivity index (χ0) is 38.8. The zero-order valence-corrected chi connectivity index (χ0v) is 31.5. The molecule has 2 aromatic rings. The zero-order valence-electron chi connectivity index (χ0n) is 31.5. The molecule has 2 fully saturated rings. The SMILES string of the molecule is Cc1cc(C)cc(ONC(=O)[C@@]23C[C@H]2/C=C\CCCCC[C@H](NC(=O)OC(C)(C)C)C(=O)N2C[C@H](OC(=O)N4Cc5cccc(F)c5C4)C[C@H]2C(=O)N3)c1. The molecule has 4 aliphatic rings. The van der Waals surface area contributed by atoms with Gasteiger partial charge in [0, 0.05) is 24.4 Å². The number of alkyl carbamates (subject to hydrolysis) is 1. The molecule has 3 heterocycles. The molecule has 1 aliphatic carbocycles. The Labute approximate surface area is 314 Å². The van der Waals surface area contributed by atoms with E-state index in [9.17, 15) is 28.4 Å². The smallest absolute Gasteiger partial charge is 0.410 e. The first-order chi connectivity index (χ1) is 25.6. The van der Waals surface area contributed by atoms with Crippen LogP contribution in [0.4, 0.5) is 14.0 Å². The number of amides is 5. The van der Waals surface area contributed by atoms with Crippen molar-refractivity contribution in [3.05, 3.63) is 76.6 Å². The van der Waals surface area contributed by atoms with Crippen LogP contribution in [0.1, 0.15) is 88.0 Å². The maximum atomic E-state index is 14.5. The number of carbonyl (C=O) groups excluding carboxylic acids is 5. The van der Waals surface area contributed by atoms with Crippen LogP contribution in [0, 0.1) is 25.6 Å². The maximum Gasteiger partial charge on any atom is 0.410 e.